The van der Waals surface area contributed by atoms with Gasteiger partial charge in [-0.3, -0.25) is 14.7 Å². The van der Waals surface area contributed by atoms with E-state index in [9.17, 15) is 14.5 Å². The van der Waals surface area contributed by atoms with E-state index in [2.05, 4.69) is 10.2 Å². The van der Waals surface area contributed by atoms with E-state index >= 15 is 0 Å². The van der Waals surface area contributed by atoms with Crippen LogP contribution in [0, 0.1) is 29.8 Å². The first-order valence-electron chi connectivity index (χ1n) is 11.9. The van der Waals surface area contributed by atoms with Crippen molar-refractivity contribution in [3.05, 3.63) is 104 Å². The molecule has 0 aliphatic rings. The molecule has 0 saturated carbocycles. The van der Waals surface area contributed by atoms with Gasteiger partial charge in [0, 0.05) is 16.2 Å². The third-order valence-electron chi connectivity index (χ3n) is 5.65. The lowest BCUT2D eigenvalue weighted by Gasteiger charge is -2.19. The molecule has 0 aliphatic carbocycles. The Morgan fingerprint density at radius 1 is 1.11 bits per heavy atom. The fourth-order valence-electron chi connectivity index (χ4n) is 3.90. The highest BCUT2D eigenvalue weighted by molar-refractivity contribution is 7.99. The summed E-state index contributed by atoms with van der Waals surface area (Å²) in [5.41, 5.74) is 2.85. The summed E-state index contributed by atoms with van der Waals surface area (Å²) in [4.78, 5) is 11.3. The highest BCUT2D eigenvalue weighted by Gasteiger charge is 2.26. The lowest BCUT2D eigenvalue weighted by atomic mass is 10.1. The van der Waals surface area contributed by atoms with Gasteiger partial charge in [-0.1, -0.05) is 53.7 Å². The van der Waals surface area contributed by atoms with Gasteiger partial charge in [0.1, 0.15) is 23.5 Å². The Balaban J connectivity index is 1.68. The third kappa shape index (κ3) is 6.43. The number of ether oxygens (including phenoxy) is 2. The van der Waals surface area contributed by atoms with Crippen molar-refractivity contribution in [3.8, 4) is 17.2 Å². The molecule has 1 atom stereocenters. The molecule has 4 aromatic rings. The number of nitro groups is 1. The van der Waals surface area contributed by atoms with Crippen LogP contribution in [0.4, 0.5) is 4.39 Å². The van der Waals surface area contributed by atoms with E-state index in [1.165, 1.54) is 17.8 Å². The Bertz CT molecular complexity index is 1450. The van der Waals surface area contributed by atoms with Crippen LogP contribution in [0.15, 0.2) is 65.8 Å². The van der Waals surface area contributed by atoms with E-state index in [-0.39, 0.29) is 28.8 Å². The summed E-state index contributed by atoms with van der Waals surface area (Å²) >= 11 is 7.81. The molecule has 38 heavy (non-hydrogen) atoms. The lowest BCUT2D eigenvalue weighted by molar-refractivity contribution is -0.479. The molecular weight excluding hydrogens is 531 g/mol. The first-order valence-corrected chi connectivity index (χ1v) is 13.1. The second-order valence-corrected chi connectivity index (χ2v) is 10.0. The van der Waals surface area contributed by atoms with Gasteiger partial charge < -0.3 is 9.47 Å². The smallest absolute Gasteiger partial charge is 0.220 e. The van der Waals surface area contributed by atoms with Crippen LogP contribution in [0.2, 0.25) is 5.02 Å². The first-order chi connectivity index (χ1) is 18.3. The van der Waals surface area contributed by atoms with Gasteiger partial charge >= 0.3 is 0 Å². The van der Waals surface area contributed by atoms with Crippen molar-refractivity contribution in [2.24, 2.45) is 0 Å². The van der Waals surface area contributed by atoms with Crippen LogP contribution < -0.4 is 9.47 Å². The molecule has 4 rings (SSSR count). The minimum atomic E-state index is -0.658. The monoisotopic (exact) mass is 556 g/mol. The van der Waals surface area contributed by atoms with Gasteiger partial charge in [-0.2, -0.15) is 0 Å². The maximum atomic E-state index is 14.1. The van der Waals surface area contributed by atoms with E-state index in [1.54, 1.807) is 37.3 Å². The quantitative estimate of drug-likeness (QED) is 0.114. The number of nitrogens with zero attached hydrogens (tertiary/aromatic N) is 4. The Morgan fingerprint density at radius 3 is 2.61 bits per heavy atom. The summed E-state index contributed by atoms with van der Waals surface area (Å²) in [6.45, 7) is 5.48. The van der Waals surface area contributed by atoms with E-state index in [4.69, 9.17) is 21.1 Å². The minimum Gasteiger partial charge on any atom is -0.490 e. The molecular formula is C27H26ClFN4O4S. The predicted octanol–water partition coefficient (Wildman–Crippen LogP) is 6.76. The average Bonchev–Trinajstić information content (AvgIpc) is 3.23. The van der Waals surface area contributed by atoms with Crippen LogP contribution in [0.5, 0.6) is 11.5 Å². The SMILES string of the molecule is CCOc1cc([C@@H](C[N+](=O)[O-])Sc2nnc(C)n2-c2cccc(C)c2)cc(Cl)c1OCc1ccccc1F. The van der Waals surface area contributed by atoms with Crippen molar-refractivity contribution in [3.63, 3.8) is 0 Å². The Morgan fingerprint density at radius 2 is 1.89 bits per heavy atom. The van der Waals surface area contributed by atoms with Gasteiger partial charge in [-0.15, -0.1) is 10.2 Å². The molecule has 3 aromatic carbocycles. The molecule has 1 aromatic heterocycles. The number of hydrogen-bond donors (Lipinski definition) is 0. The van der Waals surface area contributed by atoms with Crippen LogP contribution in [0.25, 0.3) is 5.69 Å². The van der Waals surface area contributed by atoms with Crippen molar-refractivity contribution >= 4 is 23.4 Å². The zero-order valence-corrected chi connectivity index (χ0v) is 22.6. The van der Waals surface area contributed by atoms with Gasteiger partial charge in [0.2, 0.25) is 6.54 Å². The molecule has 198 valence electrons. The van der Waals surface area contributed by atoms with Crippen LogP contribution in [-0.4, -0.2) is 32.8 Å². The first kappa shape index (κ1) is 27.4. The summed E-state index contributed by atoms with van der Waals surface area (Å²) in [7, 11) is 0. The van der Waals surface area contributed by atoms with Crippen LogP contribution in [0.1, 0.15) is 34.7 Å². The molecule has 0 amide bonds. The number of aromatic nitrogens is 3. The van der Waals surface area contributed by atoms with Crippen LogP contribution in [-0.2, 0) is 6.61 Å². The van der Waals surface area contributed by atoms with Crippen molar-refractivity contribution in [2.75, 3.05) is 13.2 Å². The van der Waals surface area contributed by atoms with Gasteiger partial charge in [-0.25, -0.2) is 4.39 Å². The highest BCUT2D eigenvalue weighted by atomic mass is 35.5. The lowest BCUT2D eigenvalue weighted by Crippen LogP contribution is -2.12. The maximum Gasteiger partial charge on any atom is 0.220 e. The van der Waals surface area contributed by atoms with Crippen molar-refractivity contribution in [1.29, 1.82) is 0 Å². The summed E-state index contributed by atoms with van der Waals surface area (Å²) in [6.07, 6.45) is 0. The van der Waals surface area contributed by atoms with Gasteiger partial charge in [0.25, 0.3) is 0 Å². The Kier molecular flexibility index (Phi) is 8.85. The number of thioether (sulfide) groups is 1. The third-order valence-corrected chi connectivity index (χ3v) is 7.11. The van der Waals surface area contributed by atoms with Gasteiger partial charge in [0.15, 0.2) is 16.7 Å². The Labute approximate surface area is 228 Å². The topological polar surface area (TPSA) is 92.3 Å². The molecule has 0 aliphatic heterocycles. The largest absolute Gasteiger partial charge is 0.490 e. The molecule has 11 heteroatoms. The van der Waals surface area contributed by atoms with Crippen molar-refractivity contribution < 1.29 is 18.8 Å². The number of benzene rings is 3. The number of aryl methyl sites for hydroxylation is 2. The van der Waals surface area contributed by atoms with Crippen LogP contribution in [0.3, 0.4) is 0 Å². The Hall–Kier alpha value is -3.63. The van der Waals surface area contributed by atoms with Gasteiger partial charge in [0.05, 0.1) is 11.6 Å². The second-order valence-electron chi connectivity index (χ2n) is 8.47. The number of halogens is 2. The van der Waals surface area contributed by atoms with Crippen molar-refractivity contribution in [2.45, 2.75) is 37.8 Å². The van der Waals surface area contributed by atoms with Crippen LogP contribution >= 0.6 is 23.4 Å². The number of rotatable bonds is 11. The molecule has 0 unspecified atom stereocenters. The summed E-state index contributed by atoms with van der Waals surface area (Å²) in [5.74, 6) is 0.817. The van der Waals surface area contributed by atoms with E-state index in [1.807, 2.05) is 42.7 Å². The highest BCUT2D eigenvalue weighted by Crippen LogP contribution is 2.43. The minimum absolute atomic E-state index is 0.0578. The fraction of sp³-hybridized carbons (Fsp3) is 0.259. The molecule has 0 radical (unpaired) electrons. The second kappa shape index (κ2) is 12.3. The molecule has 0 spiro atoms. The zero-order valence-electron chi connectivity index (χ0n) is 21.1. The van der Waals surface area contributed by atoms with E-state index < -0.39 is 11.1 Å². The van der Waals surface area contributed by atoms with Gasteiger partial charge in [-0.05, 0) is 62.2 Å². The average molecular weight is 557 g/mol. The standard InChI is InChI=1S/C27H26ClFN4O4S/c1-4-36-24-14-20(13-22(28)26(24)37-16-19-9-5-6-11-23(19)29)25(15-32(34)35)38-27-31-30-18(3)33(27)21-10-7-8-17(2)12-21/h5-14,25H,4,15-16H2,1-3H3/t25-/m1/s1. The summed E-state index contributed by atoms with van der Waals surface area (Å²) in [5, 5.41) is 20.2. The predicted molar refractivity (Wildman–Crippen MR) is 145 cm³/mol. The fourth-order valence-corrected chi connectivity index (χ4v) is 5.33. The normalized spacial score (nSPS) is 11.8. The van der Waals surface area contributed by atoms with E-state index in [0.29, 0.717) is 34.5 Å². The van der Waals surface area contributed by atoms with E-state index in [0.717, 1.165) is 11.3 Å². The van der Waals surface area contributed by atoms with Crippen molar-refractivity contribution in [1.82, 2.24) is 14.8 Å². The summed E-state index contributed by atoms with van der Waals surface area (Å²) in [6, 6.07) is 17.4. The molecule has 0 fully saturated rings. The molecule has 0 bridgehead atoms. The maximum absolute atomic E-state index is 14.1. The molecule has 8 nitrogen and oxygen atoms in total. The molecule has 0 N–H and O–H groups in total. The molecule has 1 heterocycles. The number of hydrogen-bond acceptors (Lipinski definition) is 7. The zero-order chi connectivity index (χ0) is 27.2. The molecule has 0 saturated heterocycles. The summed E-state index contributed by atoms with van der Waals surface area (Å²) < 4.78 is 27.6.